The normalized spacial score (nSPS) is 16.0. The minimum atomic E-state index is -0.719. The highest BCUT2D eigenvalue weighted by Gasteiger charge is 2.42. The van der Waals surface area contributed by atoms with Gasteiger partial charge >= 0.3 is 0 Å². The Morgan fingerprint density at radius 1 is 0.959 bits per heavy atom. The first kappa shape index (κ1) is 32.2. The number of amides is 3. The number of carbonyl (C=O) groups excluding carboxylic acids is 3. The number of imide groups is 1. The Labute approximate surface area is 287 Å². The van der Waals surface area contributed by atoms with Crippen LogP contribution in [0.3, 0.4) is 0 Å². The number of benzene rings is 3. The highest BCUT2D eigenvalue weighted by Crippen LogP contribution is 2.34. The van der Waals surface area contributed by atoms with Crippen molar-refractivity contribution in [1.29, 1.82) is 0 Å². The van der Waals surface area contributed by atoms with Crippen LogP contribution in [0.15, 0.2) is 79.0 Å². The van der Waals surface area contributed by atoms with Gasteiger partial charge in [0.25, 0.3) is 11.8 Å². The van der Waals surface area contributed by atoms with Gasteiger partial charge in [0.05, 0.1) is 30.0 Å². The number of rotatable bonds is 11. The molecule has 2 aromatic heterocycles. The topological polar surface area (TPSA) is 128 Å². The Kier molecular flexibility index (Phi) is 8.98. The van der Waals surface area contributed by atoms with Crippen LogP contribution in [0.5, 0.6) is 5.75 Å². The van der Waals surface area contributed by atoms with Crippen molar-refractivity contribution in [1.82, 2.24) is 19.8 Å². The van der Waals surface area contributed by atoms with Crippen molar-refractivity contribution in [2.75, 3.05) is 50.6 Å². The number of likely N-dealkylation sites (tertiary alicyclic amines) is 1. The second kappa shape index (κ2) is 13.7. The van der Waals surface area contributed by atoms with E-state index in [4.69, 9.17) is 9.72 Å². The Balaban J connectivity index is 0.865. The van der Waals surface area contributed by atoms with Crippen LogP contribution in [0.1, 0.15) is 28.8 Å². The average Bonchev–Trinajstić information content (AvgIpc) is 3.68. The molecule has 4 heterocycles. The van der Waals surface area contributed by atoms with Crippen LogP contribution in [0.4, 0.5) is 11.5 Å². The molecule has 5 aromatic rings. The third kappa shape index (κ3) is 6.70. The fourth-order valence-corrected chi connectivity index (χ4v) is 7.23. The Morgan fingerprint density at radius 3 is 2.53 bits per heavy atom. The Hall–Kier alpha value is -5.33. The molecule has 1 fully saturated rings. The predicted molar refractivity (Wildman–Crippen MR) is 190 cm³/mol. The monoisotopic (exact) mass is 676 g/mol. The number of nitrogens with zero attached hydrogens (tertiary/aromatic N) is 5. The highest BCUT2D eigenvalue weighted by atomic mass is 32.1. The summed E-state index contributed by atoms with van der Waals surface area (Å²) in [6.45, 7) is 1.39. The van der Waals surface area contributed by atoms with Crippen LogP contribution in [-0.2, 0) is 20.9 Å². The van der Waals surface area contributed by atoms with Crippen molar-refractivity contribution in [3.63, 3.8) is 0 Å². The molecule has 3 aromatic carbocycles. The number of phenols is 1. The number of ether oxygens (including phenoxy) is 1. The molecule has 49 heavy (non-hydrogen) atoms. The SMILES string of the molecule is CN(C)c1ccc2nc(-c3ccc(-c4ccc(NCCOCCN5C(=O)CCC(N6Cc7cc(O)ccc7C6=O)C5=O)nc4)cc3)sc2c1. The molecule has 2 aliphatic rings. The number of phenolic OH excluding ortho intramolecular Hbond substituents is 1. The van der Waals surface area contributed by atoms with E-state index >= 15 is 0 Å². The number of nitrogens with one attached hydrogen (secondary N) is 1. The van der Waals surface area contributed by atoms with E-state index in [0.29, 0.717) is 30.1 Å². The molecule has 0 bridgehead atoms. The fourth-order valence-electron chi connectivity index (χ4n) is 6.23. The second-order valence-electron chi connectivity index (χ2n) is 12.3. The molecule has 0 aliphatic carbocycles. The van der Waals surface area contributed by atoms with Gasteiger partial charge in [-0.05, 0) is 66.1 Å². The molecule has 3 amide bonds. The first-order valence-electron chi connectivity index (χ1n) is 16.2. The molecule has 0 spiro atoms. The van der Waals surface area contributed by atoms with Gasteiger partial charge in [-0.15, -0.1) is 11.3 Å². The van der Waals surface area contributed by atoms with E-state index in [1.54, 1.807) is 23.5 Å². The fraction of sp³-hybridized carbons (Fsp3) is 0.270. The molecule has 7 rings (SSSR count). The van der Waals surface area contributed by atoms with Crippen LogP contribution in [-0.4, -0.2) is 89.0 Å². The minimum Gasteiger partial charge on any atom is -0.508 e. The summed E-state index contributed by atoms with van der Waals surface area (Å²) in [5.74, 6) is -0.132. The van der Waals surface area contributed by atoms with Gasteiger partial charge in [0.1, 0.15) is 22.6 Å². The highest BCUT2D eigenvalue weighted by molar-refractivity contribution is 7.21. The number of carbonyl (C=O) groups is 3. The van der Waals surface area contributed by atoms with Gasteiger partial charge in [-0.2, -0.15) is 0 Å². The van der Waals surface area contributed by atoms with Crippen molar-refractivity contribution in [2.45, 2.75) is 25.4 Å². The number of aromatic nitrogens is 2. The van der Waals surface area contributed by atoms with Crippen LogP contribution < -0.4 is 10.2 Å². The zero-order valence-corrected chi connectivity index (χ0v) is 28.1. The number of anilines is 2. The average molecular weight is 677 g/mol. The lowest BCUT2D eigenvalue weighted by molar-refractivity contribution is -0.153. The number of thiazole rings is 1. The zero-order chi connectivity index (χ0) is 34.1. The summed E-state index contributed by atoms with van der Waals surface area (Å²) in [5, 5.41) is 14.0. The number of fused-ring (bicyclic) bond motifs is 2. The number of hydrogen-bond donors (Lipinski definition) is 2. The van der Waals surface area contributed by atoms with E-state index in [-0.39, 0.29) is 50.1 Å². The minimum absolute atomic E-state index is 0.0712. The summed E-state index contributed by atoms with van der Waals surface area (Å²) >= 11 is 1.69. The van der Waals surface area contributed by atoms with Crippen LogP contribution in [0.25, 0.3) is 31.9 Å². The van der Waals surface area contributed by atoms with Gasteiger partial charge in [-0.25, -0.2) is 9.97 Å². The summed E-state index contributed by atoms with van der Waals surface area (Å²) in [6.07, 6.45) is 2.29. The number of pyridine rings is 1. The second-order valence-corrected chi connectivity index (χ2v) is 13.4. The maximum absolute atomic E-state index is 13.2. The summed E-state index contributed by atoms with van der Waals surface area (Å²) in [6, 6.07) is 22.4. The molecule has 1 saturated heterocycles. The van der Waals surface area contributed by atoms with Crippen LogP contribution in [0.2, 0.25) is 0 Å². The number of aromatic hydroxyl groups is 1. The molecule has 0 radical (unpaired) electrons. The summed E-state index contributed by atoms with van der Waals surface area (Å²) in [4.78, 5) is 52.9. The molecule has 2 N–H and O–H groups in total. The summed E-state index contributed by atoms with van der Waals surface area (Å²) < 4.78 is 6.89. The standard InChI is InChI=1S/C37H36N6O5S/c1-41(2)27-8-11-30-32(20-27)49-35(40-30)24-5-3-23(4-6-24)25-7-13-33(39-21-25)38-15-17-48-18-16-42-34(45)14-12-31(37(42)47)43-22-26-19-28(44)9-10-29(26)36(43)46/h3-11,13,19-21,31,44H,12,14-18,22H2,1-2H3,(H,38,39). The van der Waals surface area contributed by atoms with E-state index in [2.05, 4.69) is 57.7 Å². The molecule has 0 saturated carbocycles. The molecular weight excluding hydrogens is 641 g/mol. The molecule has 2 aliphatic heterocycles. The van der Waals surface area contributed by atoms with E-state index in [9.17, 15) is 19.5 Å². The maximum atomic E-state index is 13.2. The van der Waals surface area contributed by atoms with Crippen molar-refractivity contribution in [2.24, 2.45) is 0 Å². The van der Waals surface area contributed by atoms with Gasteiger partial charge in [-0.3, -0.25) is 19.3 Å². The third-order valence-electron chi connectivity index (χ3n) is 8.91. The van der Waals surface area contributed by atoms with Crippen molar-refractivity contribution < 1.29 is 24.2 Å². The van der Waals surface area contributed by atoms with E-state index in [1.807, 2.05) is 32.4 Å². The molecule has 1 unspecified atom stereocenters. The van der Waals surface area contributed by atoms with Crippen molar-refractivity contribution in [3.05, 3.63) is 90.1 Å². The number of piperidine rings is 1. The summed E-state index contributed by atoms with van der Waals surface area (Å²) in [7, 11) is 4.07. The Morgan fingerprint density at radius 2 is 1.76 bits per heavy atom. The zero-order valence-electron chi connectivity index (χ0n) is 27.3. The Bertz CT molecular complexity index is 2030. The van der Waals surface area contributed by atoms with Crippen molar-refractivity contribution >= 4 is 50.8 Å². The van der Waals surface area contributed by atoms with Gasteiger partial charge in [0, 0.05) is 62.2 Å². The van der Waals surface area contributed by atoms with Gasteiger partial charge in [-0.1, -0.05) is 24.3 Å². The lowest BCUT2D eigenvalue weighted by atomic mass is 10.0. The van der Waals surface area contributed by atoms with E-state index in [0.717, 1.165) is 37.6 Å². The smallest absolute Gasteiger partial charge is 0.255 e. The molecule has 250 valence electrons. The van der Waals surface area contributed by atoms with Crippen molar-refractivity contribution in [3.8, 4) is 27.4 Å². The summed E-state index contributed by atoms with van der Waals surface area (Å²) in [5.41, 5.74) is 6.44. The molecule has 11 nitrogen and oxygen atoms in total. The van der Waals surface area contributed by atoms with Gasteiger partial charge in [0.2, 0.25) is 5.91 Å². The predicted octanol–water partition coefficient (Wildman–Crippen LogP) is 5.40. The van der Waals surface area contributed by atoms with Crippen LogP contribution >= 0.6 is 11.3 Å². The number of hydrogen-bond acceptors (Lipinski definition) is 10. The van der Waals surface area contributed by atoms with Gasteiger partial charge in [0.15, 0.2) is 0 Å². The molecular formula is C37H36N6O5S. The molecule has 1 atom stereocenters. The lowest BCUT2D eigenvalue weighted by Crippen LogP contribution is -2.55. The first-order valence-corrected chi connectivity index (χ1v) is 17.0. The van der Waals surface area contributed by atoms with Crippen LogP contribution in [0, 0.1) is 0 Å². The maximum Gasteiger partial charge on any atom is 0.255 e. The largest absolute Gasteiger partial charge is 0.508 e. The van der Waals surface area contributed by atoms with E-state index in [1.165, 1.54) is 15.9 Å². The van der Waals surface area contributed by atoms with E-state index < -0.39 is 11.9 Å². The first-order chi connectivity index (χ1) is 23.7. The lowest BCUT2D eigenvalue weighted by Gasteiger charge is -2.35. The van der Waals surface area contributed by atoms with Gasteiger partial charge < -0.3 is 25.0 Å². The third-order valence-corrected chi connectivity index (χ3v) is 9.98. The molecule has 12 heteroatoms. The quantitative estimate of drug-likeness (QED) is 0.140.